The second-order valence-electron chi connectivity index (χ2n) is 7.45. The van der Waals surface area contributed by atoms with Gasteiger partial charge in [0.1, 0.15) is 11.3 Å². The van der Waals surface area contributed by atoms with E-state index in [2.05, 4.69) is 10.3 Å². The number of carbonyl (C=O) groups is 1. The molecule has 2 aromatic carbocycles. The summed E-state index contributed by atoms with van der Waals surface area (Å²) in [5.74, 6) is 0.134. The molecule has 6 nitrogen and oxygen atoms in total. The van der Waals surface area contributed by atoms with Gasteiger partial charge in [0.05, 0.1) is 5.69 Å². The molecule has 4 aromatic rings. The number of nitrogens with zero attached hydrogens (tertiary/aromatic N) is 1. The Labute approximate surface area is 183 Å². The fraction of sp³-hybridized carbons (Fsp3) is 0.208. The molecule has 1 atom stereocenters. The average molecular weight is 435 g/mol. The van der Waals surface area contributed by atoms with Gasteiger partial charge in [-0.25, -0.2) is 9.78 Å². The Bertz CT molecular complexity index is 1320. The number of carbonyl (C=O) groups excluding carboxylic acids is 1. The lowest BCUT2D eigenvalue weighted by molar-refractivity contribution is -0.122. The van der Waals surface area contributed by atoms with Crippen molar-refractivity contribution < 1.29 is 13.9 Å². The maximum atomic E-state index is 12.6. The standard InChI is InChI=1S/C24H22N2O4S/c1-13-5-7-17(8-6-13)22-16(4)31-24(25-22)26-23(28)15(3)29-18-9-10-19-14(2)11-21(27)30-20(19)12-18/h5-12,15H,1-4H3,(H,25,26,28). The molecule has 7 heteroatoms. The first-order valence-corrected chi connectivity index (χ1v) is 10.7. The SMILES string of the molecule is Cc1ccc(-c2nc(NC(=O)C(C)Oc3ccc4c(C)cc(=O)oc4c3)sc2C)cc1. The van der Waals surface area contributed by atoms with Crippen LogP contribution in [0.2, 0.25) is 0 Å². The van der Waals surface area contributed by atoms with Crippen LogP contribution in [0, 0.1) is 20.8 Å². The van der Waals surface area contributed by atoms with Crippen molar-refractivity contribution in [3.05, 3.63) is 75.0 Å². The number of amides is 1. The fourth-order valence-electron chi connectivity index (χ4n) is 3.27. The Morgan fingerprint density at radius 3 is 2.58 bits per heavy atom. The molecule has 158 valence electrons. The highest BCUT2D eigenvalue weighted by Crippen LogP contribution is 2.31. The molecular weight excluding hydrogens is 412 g/mol. The molecule has 0 aliphatic carbocycles. The summed E-state index contributed by atoms with van der Waals surface area (Å²) in [6.07, 6.45) is -0.763. The van der Waals surface area contributed by atoms with Gasteiger partial charge < -0.3 is 9.15 Å². The predicted molar refractivity (Wildman–Crippen MR) is 123 cm³/mol. The summed E-state index contributed by atoms with van der Waals surface area (Å²) in [5.41, 5.74) is 3.88. The maximum absolute atomic E-state index is 12.6. The highest BCUT2D eigenvalue weighted by molar-refractivity contribution is 7.16. The van der Waals surface area contributed by atoms with Crippen LogP contribution in [0.3, 0.4) is 0 Å². The Balaban J connectivity index is 1.48. The molecule has 0 spiro atoms. The molecule has 0 aliphatic rings. The fourth-order valence-corrected chi connectivity index (χ4v) is 4.11. The predicted octanol–water partition coefficient (Wildman–Crippen LogP) is 5.25. The van der Waals surface area contributed by atoms with Crippen LogP contribution in [0.25, 0.3) is 22.2 Å². The van der Waals surface area contributed by atoms with E-state index in [1.54, 1.807) is 19.1 Å². The molecule has 0 saturated carbocycles. The minimum Gasteiger partial charge on any atom is -0.481 e. The number of ether oxygens (including phenoxy) is 1. The molecule has 0 aliphatic heterocycles. The van der Waals surface area contributed by atoms with Crippen molar-refractivity contribution >= 4 is 33.3 Å². The summed E-state index contributed by atoms with van der Waals surface area (Å²) in [7, 11) is 0. The van der Waals surface area contributed by atoms with Gasteiger partial charge >= 0.3 is 5.63 Å². The molecule has 0 fully saturated rings. The van der Waals surface area contributed by atoms with Crippen LogP contribution in [-0.4, -0.2) is 17.0 Å². The van der Waals surface area contributed by atoms with Gasteiger partial charge in [-0.15, -0.1) is 11.3 Å². The van der Waals surface area contributed by atoms with E-state index >= 15 is 0 Å². The van der Waals surface area contributed by atoms with Gasteiger partial charge in [-0.1, -0.05) is 29.8 Å². The zero-order valence-electron chi connectivity index (χ0n) is 17.7. The number of fused-ring (bicyclic) bond motifs is 1. The molecule has 0 bridgehead atoms. The maximum Gasteiger partial charge on any atom is 0.336 e. The highest BCUT2D eigenvalue weighted by atomic mass is 32.1. The van der Waals surface area contributed by atoms with Gasteiger partial charge in [0.25, 0.3) is 5.91 Å². The number of nitrogens with one attached hydrogen (secondary N) is 1. The minimum absolute atomic E-state index is 0.310. The zero-order chi connectivity index (χ0) is 22.1. The number of benzene rings is 2. The molecule has 1 N–H and O–H groups in total. The Hall–Kier alpha value is -3.45. The van der Waals surface area contributed by atoms with Crippen molar-refractivity contribution in [1.29, 1.82) is 0 Å². The second-order valence-corrected chi connectivity index (χ2v) is 8.65. The number of aryl methyl sites for hydroxylation is 3. The van der Waals surface area contributed by atoms with E-state index in [1.165, 1.54) is 23.0 Å². The normalized spacial score (nSPS) is 12.0. The number of thiazole rings is 1. The van der Waals surface area contributed by atoms with E-state index in [-0.39, 0.29) is 5.91 Å². The van der Waals surface area contributed by atoms with Gasteiger partial charge in [-0.2, -0.15) is 0 Å². The Morgan fingerprint density at radius 1 is 1.10 bits per heavy atom. The molecule has 1 amide bonds. The van der Waals surface area contributed by atoms with Crippen molar-refractivity contribution in [1.82, 2.24) is 4.98 Å². The molecule has 2 heterocycles. The van der Waals surface area contributed by atoms with Crippen LogP contribution in [0.15, 0.2) is 57.7 Å². The zero-order valence-corrected chi connectivity index (χ0v) is 18.5. The highest BCUT2D eigenvalue weighted by Gasteiger charge is 2.18. The monoisotopic (exact) mass is 434 g/mol. The first-order chi connectivity index (χ1) is 14.8. The summed E-state index contributed by atoms with van der Waals surface area (Å²) in [6.45, 7) is 7.52. The molecule has 1 unspecified atom stereocenters. The van der Waals surface area contributed by atoms with Crippen molar-refractivity contribution in [3.63, 3.8) is 0 Å². The van der Waals surface area contributed by atoms with Crippen molar-refractivity contribution in [2.24, 2.45) is 0 Å². The number of rotatable bonds is 5. The number of aromatic nitrogens is 1. The molecule has 0 saturated heterocycles. The van der Waals surface area contributed by atoms with E-state index in [0.29, 0.717) is 16.5 Å². The third-order valence-electron chi connectivity index (χ3n) is 4.96. The Morgan fingerprint density at radius 2 is 1.84 bits per heavy atom. The van der Waals surface area contributed by atoms with E-state index in [9.17, 15) is 9.59 Å². The van der Waals surface area contributed by atoms with Gasteiger partial charge in [0.2, 0.25) is 0 Å². The van der Waals surface area contributed by atoms with Gasteiger partial charge in [0, 0.05) is 28.0 Å². The van der Waals surface area contributed by atoms with E-state index in [1.807, 2.05) is 51.1 Å². The summed E-state index contributed by atoms with van der Waals surface area (Å²) in [6, 6.07) is 14.7. The molecule has 31 heavy (non-hydrogen) atoms. The van der Waals surface area contributed by atoms with Crippen LogP contribution >= 0.6 is 11.3 Å². The third kappa shape index (κ3) is 4.51. The first-order valence-electron chi connectivity index (χ1n) is 9.86. The molecular formula is C24H22N2O4S. The second kappa shape index (κ2) is 8.35. The van der Waals surface area contributed by atoms with Crippen LogP contribution in [0.4, 0.5) is 5.13 Å². The number of hydrogen-bond acceptors (Lipinski definition) is 6. The first kappa shape index (κ1) is 20.8. The van der Waals surface area contributed by atoms with Crippen LogP contribution in [0.1, 0.15) is 22.9 Å². The smallest absolute Gasteiger partial charge is 0.336 e. The largest absolute Gasteiger partial charge is 0.481 e. The minimum atomic E-state index is -0.763. The van der Waals surface area contributed by atoms with Crippen molar-refractivity contribution in [3.8, 4) is 17.0 Å². The molecule has 2 aromatic heterocycles. The van der Waals surface area contributed by atoms with Gasteiger partial charge in [-0.05, 0) is 45.4 Å². The number of anilines is 1. The number of hydrogen-bond donors (Lipinski definition) is 1. The van der Waals surface area contributed by atoms with Gasteiger partial charge in [0.15, 0.2) is 11.2 Å². The lowest BCUT2D eigenvalue weighted by Crippen LogP contribution is -2.30. The van der Waals surface area contributed by atoms with Gasteiger partial charge in [-0.3, -0.25) is 10.1 Å². The lowest BCUT2D eigenvalue weighted by Gasteiger charge is -2.14. The quantitative estimate of drug-likeness (QED) is 0.434. The average Bonchev–Trinajstić information content (AvgIpc) is 3.08. The topological polar surface area (TPSA) is 81.4 Å². The third-order valence-corrected chi connectivity index (χ3v) is 5.84. The Kier molecular flexibility index (Phi) is 5.61. The summed E-state index contributed by atoms with van der Waals surface area (Å²) < 4.78 is 11.0. The van der Waals surface area contributed by atoms with E-state index in [0.717, 1.165) is 27.1 Å². The van der Waals surface area contributed by atoms with Crippen molar-refractivity contribution in [2.45, 2.75) is 33.8 Å². The lowest BCUT2D eigenvalue weighted by atomic mass is 10.1. The molecule has 4 rings (SSSR count). The van der Waals surface area contributed by atoms with E-state index in [4.69, 9.17) is 9.15 Å². The van der Waals surface area contributed by atoms with Crippen molar-refractivity contribution in [2.75, 3.05) is 5.32 Å². The van der Waals surface area contributed by atoms with Crippen LogP contribution in [-0.2, 0) is 4.79 Å². The van der Waals surface area contributed by atoms with Crippen LogP contribution in [0.5, 0.6) is 5.75 Å². The summed E-state index contributed by atoms with van der Waals surface area (Å²) in [5, 5.41) is 4.18. The van der Waals surface area contributed by atoms with Crippen LogP contribution < -0.4 is 15.7 Å². The molecule has 0 radical (unpaired) electrons. The summed E-state index contributed by atoms with van der Waals surface area (Å²) in [4.78, 5) is 29.9. The summed E-state index contributed by atoms with van der Waals surface area (Å²) >= 11 is 1.42. The van der Waals surface area contributed by atoms with E-state index < -0.39 is 11.7 Å².